The molecule has 1 aliphatic heterocycles. The number of hydrogen-bond acceptors (Lipinski definition) is 2. The van der Waals surface area contributed by atoms with Gasteiger partial charge in [0.2, 0.25) is 0 Å². The Morgan fingerprint density at radius 2 is 0.767 bits per heavy atom. The van der Waals surface area contributed by atoms with E-state index >= 15 is 0 Å². The van der Waals surface area contributed by atoms with Gasteiger partial charge in [0.05, 0.1) is 11.2 Å². The summed E-state index contributed by atoms with van der Waals surface area (Å²) in [4.78, 5) is 0. The maximum Gasteiger partial charge on any atom is 0.494 e. The zero-order chi connectivity index (χ0) is 41.0. The molecular formula is C56H46BBrO2. The third kappa shape index (κ3) is 7.07. The van der Waals surface area contributed by atoms with E-state index in [0.717, 1.165) is 22.8 Å². The van der Waals surface area contributed by atoms with Gasteiger partial charge in [-0.2, -0.15) is 0 Å². The molecule has 0 atom stereocenters. The molecule has 292 valence electrons. The summed E-state index contributed by atoms with van der Waals surface area (Å²) in [5.41, 5.74) is 21.5. The van der Waals surface area contributed by atoms with Gasteiger partial charge in [0, 0.05) is 4.47 Å². The van der Waals surface area contributed by atoms with Crippen LogP contribution < -0.4 is 5.46 Å². The van der Waals surface area contributed by atoms with E-state index in [4.69, 9.17) is 9.31 Å². The fraction of sp³-hybridized carbons (Fsp3) is 0.143. The molecule has 2 nitrogen and oxygen atoms in total. The first-order valence-corrected chi connectivity index (χ1v) is 21.7. The zero-order valence-electron chi connectivity index (χ0n) is 34.5. The van der Waals surface area contributed by atoms with Crippen LogP contribution in [0.25, 0.3) is 66.8 Å². The normalized spacial score (nSPS) is 15.1. The number of halogens is 1. The van der Waals surface area contributed by atoms with Gasteiger partial charge in [0.25, 0.3) is 0 Å². The topological polar surface area (TPSA) is 18.5 Å². The van der Waals surface area contributed by atoms with E-state index in [1.807, 2.05) is 0 Å². The smallest absolute Gasteiger partial charge is 0.399 e. The lowest BCUT2D eigenvalue weighted by atomic mass is 9.77. The molecule has 2 aliphatic carbocycles. The van der Waals surface area contributed by atoms with Crippen molar-refractivity contribution in [1.82, 2.24) is 0 Å². The van der Waals surface area contributed by atoms with Crippen LogP contribution >= 0.6 is 15.9 Å². The molecule has 8 aromatic carbocycles. The van der Waals surface area contributed by atoms with Crippen LogP contribution in [0.4, 0.5) is 0 Å². The highest BCUT2D eigenvalue weighted by atomic mass is 79.9. The highest BCUT2D eigenvalue weighted by Crippen LogP contribution is 2.47. The molecule has 0 radical (unpaired) electrons. The largest absolute Gasteiger partial charge is 0.494 e. The first-order chi connectivity index (χ1) is 29.1. The molecule has 0 aromatic heterocycles. The van der Waals surface area contributed by atoms with Crippen molar-refractivity contribution >= 4 is 28.5 Å². The third-order valence-corrected chi connectivity index (χ3v) is 13.4. The van der Waals surface area contributed by atoms with E-state index in [1.54, 1.807) is 0 Å². The molecule has 60 heavy (non-hydrogen) atoms. The lowest BCUT2D eigenvalue weighted by Gasteiger charge is -2.32. The average molecular weight is 842 g/mol. The molecule has 0 spiro atoms. The van der Waals surface area contributed by atoms with Gasteiger partial charge < -0.3 is 9.31 Å². The van der Waals surface area contributed by atoms with Crippen LogP contribution in [0.2, 0.25) is 0 Å². The van der Waals surface area contributed by atoms with E-state index in [2.05, 4.69) is 226 Å². The molecular weight excluding hydrogens is 795 g/mol. The molecule has 1 saturated heterocycles. The summed E-state index contributed by atoms with van der Waals surface area (Å²) in [7, 11) is -0.356. The van der Waals surface area contributed by atoms with Crippen molar-refractivity contribution in [2.45, 2.75) is 51.7 Å². The standard InChI is InChI=1S/C31H29BO2.C25H17Br/c1-30(2)31(3,4)34-32(33-30)25-16-15-23-17-28-26(22-13-9-6-10-14-22)18-24(19-29(28)27(23)20-25)21-11-7-5-8-12-21;26-21-12-11-19-13-24-22(18-9-5-2-6-10-18)14-20(15-25(24)23(19)16-21)17-7-3-1-4-8-17/h5-16,18-20H,17H2,1-4H3;1-12,14-16H,13H2. The number of hydrogen-bond donors (Lipinski definition) is 0. The van der Waals surface area contributed by atoms with E-state index in [1.165, 1.54) is 89.0 Å². The molecule has 4 heteroatoms. The minimum atomic E-state index is -0.356. The van der Waals surface area contributed by atoms with Crippen LogP contribution in [0, 0.1) is 0 Å². The van der Waals surface area contributed by atoms with Gasteiger partial charge in [-0.25, -0.2) is 0 Å². The predicted molar refractivity (Wildman–Crippen MR) is 255 cm³/mol. The fourth-order valence-electron chi connectivity index (χ4n) is 9.01. The SMILES string of the molecule is Brc1ccc2c(c1)-c1cc(-c3ccccc3)cc(-c3ccccc3)c1C2.CC1(C)OB(c2ccc3c(c2)-c2cc(-c4ccccc4)cc(-c4ccccc4)c2C3)OC1(C)C. The van der Waals surface area contributed by atoms with Crippen LogP contribution in [-0.4, -0.2) is 18.3 Å². The van der Waals surface area contributed by atoms with Gasteiger partial charge in [0.15, 0.2) is 0 Å². The van der Waals surface area contributed by atoms with E-state index in [-0.39, 0.29) is 18.3 Å². The minimum absolute atomic E-state index is 0.352. The number of fused-ring (bicyclic) bond motifs is 6. The van der Waals surface area contributed by atoms with Crippen LogP contribution in [0.1, 0.15) is 49.9 Å². The summed E-state index contributed by atoms with van der Waals surface area (Å²) in [5, 5.41) is 0. The van der Waals surface area contributed by atoms with Crippen molar-refractivity contribution in [1.29, 1.82) is 0 Å². The Morgan fingerprint density at radius 3 is 1.22 bits per heavy atom. The lowest BCUT2D eigenvalue weighted by molar-refractivity contribution is 0.00578. The molecule has 0 bridgehead atoms. The van der Waals surface area contributed by atoms with Crippen LogP contribution in [-0.2, 0) is 22.2 Å². The average Bonchev–Trinajstić information content (AvgIpc) is 3.91. The minimum Gasteiger partial charge on any atom is -0.399 e. The van der Waals surface area contributed by atoms with Crippen LogP contribution in [0.15, 0.2) is 186 Å². The highest BCUT2D eigenvalue weighted by molar-refractivity contribution is 9.10. The molecule has 8 aromatic rings. The second-order valence-corrected chi connectivity index (χ2v) is 18.1. The van der Waals surface area contributed by atoms with Crippen molar-refractivity contribution in [3.8, 4) is 66.8 Å². The molecule has 1 heterocycles. The molecule has 1 fully saturated rings. The molecule has 3 aliphatic rings. The van der Waals surface area contributed by atoms with Gasteiger partial charge in [-0.05, 0) is 171 Å². The molecule has 0 unspecified atom stereocenters. The van der Waals surface area contributed by atoms with Gasteiger partial charge in [-0.15, -0.1) is 0 Å². The van der Waals surface area contributed by atoms with Crippen molar-refractivity contribution in [3.63, 3.8) is 0 Å². The number of rotatable bonds is 5. The Bertz CT molecular complexity index is 2850. The van der Waals surface area contributed by atoms with Crippen LogP contribution in [0.3, 0.4) is 0 Å². The molecule has 11 rings (SSSR count). The van der Waals surface area contributed by atoms with Crippen molar-refractivity contribution < 1.29 is 9.31 Å². The summed E-state index contributed by atoms with van der Waals surface area (Å²) < 4.78 is 13.9. The van der Waals surface area contributed by atoms with Crippen molar-refractivity contribution in [2.24, 2.45) is 0 Å². The maximum absolute atomic E-state index is 6.36. The lowest BCUT2D eigenvalue weighted by Crippen LogP contribution is -2.41. The van der Waals surface area contributed by atoms with Crippen molar-refractivity contribution in [2.75, 3.05) is 0 Å². The number of benzene rings is 8. The fourth-order valence-corrected chi connectivity index (χ4v) is 9.37. The maximum atomic E-state index is 6.36. The van der Waals surface area contributed by atoms with Gasteiger partial charge in [-0.3, -0.25) is 0 Å². The predicted octanol–water partition coefficient (Wildman–Crippen LogP) is 14.2. The summed E-state index contributed by atoms with van der Waals surface area (Å²) in [6.45, 7) is 8.42. The summed E-state index contributed by atoms with van der Waals surface area (Å²) in [6.07, 6.45) is 1.94. The van der Waals surface area contributed by atoms with Crippen LogP contribution in [0.5, 0.6) is 0 Å². The van der Waals surface area contributed by atoms with Crippen molar-refractivity contribution in [3.05, 3.63) is 209 Å². The Hall–Kier alpha value is -5.78. The van der Waals surface area contributed by atoms with E-state index in [9.17, 15) is 0 Å². The first kappa shape index (κ1) is 38.4. The summed E-state index contributed by atoms with van der Waals surface area (Å²) in [6, 6.07) is 65.6. The van der Waals surface area contributed by atoms with Gasteiger partial charge in [0.1, 0.15) is 0 Å². The zero-order valence-corrected chi connectivity index (χ0v) is 36.1. The van der Waals surface area contributed by atoms with E-state index < -0.39 is 0 Å². The Kier molecular flexibility index (Phi) is 9.84. The van der Waals surface area contributed by atoms with E-state index in [0.29, 0.717) is 0 Å². The third-order valence-electron chi connectivity index (χ3n) is 12.9. The monoisotopic (exact) mass is 840 g/mol. The summed E-state index contributed by atoms with van der Waals surface area (Å²) in [5.74, 6) is 0. The quantitative estimate of drug-likeness (QED) is 0.161. The first-order valence-electron chi connectivity index (χ1n) is 20.9. The Morgan fingerprint density at radius 1 is 0.383 bits per heavy atom. The summed E-state index contributed by atoms with van der Waals surface area (Å²) >= 11 is 3.64. The second kappa shape index (κ2) is 15.4. The Labute approximate surface area is 363 Å². The molecule has 0 N–H and O–H groups in total. The molecule has 0 saturated carbocycles. The molecule has 0 amide bonds. The Balaban J connectivity index is 0.000000149. The van der Waals surface area contributed by atoms with Gasteiger partial charge in [-0.1, -0.05) is 162 Å². The second-order valence-electron chi connectivity index (χ2n) is 17.2. The highest BCUT2D eigenvalue weighted by Gasteiger charge is 2.51. The van der Waals surface area contributed by atoms with Gasteiger partial charge >= 0.3 is 7.12 Å².